The van der Waals surface area contributed by atoms with Crippen molar-refractivity contribution in [3.63, 3.8) is 0 Å². The summed E-state index contributed by atoms with van der Waals surface area (Å²) in [6.45, 7) is 0. The Bertz CT molecular complexity index is 358. The Hall–Kier alpha value is -1.84. The third kappa shape index (κ3) is 0.934. The highest BCUT2D eigenvalue weighted by Crippen LogP contribution is 2.20. The minimum absolute atomic E-state index is 0.171. The number of hydrogen-bond acceptors (Lipinski definition) is 4. The van der Waals surface area contributed by atoms with Crippen LogP contribution in [0, 0.1) is 0 Å². The standard InChI is InChI=1S/C8H4O4/c9-7-4-5(8(10)12-7)6-2-1-3-11-6/h1-4H. The first-order valence-corrected chi connectivity index (χ1v) is 3.29. The van der Waals surface area contributed by atoms with Gasteiger partial charge in [-0.25, -0.2) is 9.59 Å². The quantitative estimate of drug-likeness (QED) is 0.454. The average Bonchev–Trinajstić information content (AvgIpc) is 2.58. The Labute approximate surface area is 67.4 Å². The van der Waals surface area contributed by atoms with Gasteiger partial charge < -0.3 is 9.15 Å². The van der Waals surface area contributed by atoms with Crippen LogP contribution in [0.2, 0.25) is 0 Å². The van der Waals surface area contributed by atoms with E-state index >= 15 is 0 Å². The predicted octanol–water partition coefficient (Wildman–Crippen LogP) is 0.746. The van der Waals surface area contributed by atoms with Crippen LogP contribution in [0.1, 0.15) is 5.76 Å². The van der Waals surface area contributed by atoms with Gasteiger partial charge in [-0.05, 0) is 12.1 Å². The zero-order valence-electron chi connectivity index (χ0n) is 5.94. The molecule has 0 atom stereocenters. The first kappa shape index (κ1) is 6.84. The topological polar surface area (TPSA) is 56.5 Å². The summed E-state index contributed by atoms with van der Waals surface area (Å²) in [5, 5.41) is 0. The number of ether oxygens (including phenoxy) is 1. The van der Waals surface area contributed by atoms with Crippen molar-refractivity contribution in [2.75, 3.05) is 0 Å². The Balaban J connectivity index is 2.43. The molecule has 60 valence electrons. The average molecular weight is 164 g/mol. The molecule has 4 nitrogen and oxygen atoms in total. The molecule has 0 aliphatic carbocycles. The number of rotatable bonds is 1. The normalized spacial score (nSPS) is 16.2. The molecule has 0 radical (unpaired) electrons. The van der Waals surface area contributed by atoms with Crippen LogP contribution in [0.3, 0.4) is 0 Å². The SMILES string of the molecule is O=C1C=C(c2ccco2)C(=O)O1. The van der Waals surface area contributed by atoms with Gasteiger partial charge in [-0.3, -0.25) is 0 Å². The van der Waals surface area contributed by atoms with Gasteiger partial charge in [0.25, 0.3) is 0 Å². The summed E-state index contributed by atoms with van der Waals surface area (Å²) in [6, 6.07) is 3.22. The Morgan fingerprint density at radius 2 is 2.08 bits per heavy atom. The van der Waals surface area contributed by atoms with Crippen LogP contribution in [0.25, 0.3) is 5.57 Å². The van der Waals surface area contributed by atoms with E-state index in [1.165, 1.54) is 6.26 Å². The van der Waals surface area contributed by atoms with E-state index in [4.69, 9.17) is 4.42 Å². The summed E-state index contributed by atoms with van der Waals surface area (Å²) in [7, 11) is 0. The van der Waals surface area contributed by atoms with Crippen LogP contribution in [-0.4, -0.2) is 11.9 Å². The van der Waals surface area contributed by atoms with Crippen LogP contribution in [-0.2, 0) is 14.3 Å². The van der Waals surface area contributed by atoms with E-state index in [0.717, 1.165) is 6.08 Å². The molecule has 2 rings (SSSR count). The summed E-state index contributed by atoms with van der Waals surface area (Å²) in [5.74, 6) is -0.952. The van der Waals surface area contributed by atoms with Crippen molar-refractivity contribution in [3.05, 3.63) is 30.2 Å². The predicted molar refractivity (Wildman–Crippen MR) is 37.8 cm³/mol. The van der Waals surface area contributed by atoms with E-state index in [-0.39, 0.29) is 5.57 Å². The zero-order chi connectivity index (χ0) is 8.55. The molecule has 0 saturated carbocycles. The summed E-state index contributed by atoms with van der Waals surface area (Å²) in [4.78, 5) is 21.5. The van der Waals surface area contributed by atoms with Gasteiger partial charge >= 0.3 is 11.9 Å². The largest absolute Gasteiger partial charge is 0.464 e. The molecule has 0 aromatic carbocycles. The minimum Gasteiger partial charge on any atom is -0.464 e. The van der Waals surface area contributed by atoms with Gasteiger partial charge in [-0.15, -0.1) is 0 Å². The molecule has 0 spiro atoms. The van der Waals surface area contributed by atoms with Gasteiger partial charge in [0, 0.05) is 6.08 Å². The molecule has 1 aromatic rings. The molecule has 2 heterocycles. The number of carbonyl (C=O) groups is 2. The fraction of sp³-hybridized carbons (Fsp3) is 0. The molecule has 0 bridgehead atoms. The second-order valence-corrected chi connectivity index (χ2v) is 2.24. The highest BCUT2D eigenvalue weighted by molar-refractivity contribution is 6.27. The second kappa shape index (κ2) is 2.34. The van der Waals surface area contributed by atoms with E-state index in [1.54, 1.807) is 12.1 Å². The first-order valence-electron chi connectivity index (χ1n) is 3.29. The van der Waals surface area contributed by atoms with Crippen molar-refractivity contribution in [2.45, 2.75) is 0 Å². The van der Waals surface area contributed by atoms with E-state index < -0.39 is 11.9 Å². The smallest absolute Gasteiger partial charge is 0.350 e. The van der Waals surface area contributed by atoms with E-state index in [2.05, 4.69) is 4.74 Å². The molecule has 0 unspecified atom stereocenters. The van der Waals surface area contributed by atoms with Crippen molar-refractivity contribution < 1.29 is 18.7 Å². The minimum atomic E-state index is -0.657. The van der Waals surface area contributed by atoms with Crippen molar-refractivity contribution >= 4 is 17.5 Å². The maximum Gasteiger partial charge on any atom is 0.350 e. The van der Waals surface area contributed by atoms with Gasteiger partial charge in [-0.2, -0.15) is 0 Å². The molecule has 0 saturated heterocycles. The number of esters is 2. The van der Waals surface area contributed by atoms with Crippen molar-refractivity contribution in [3.8, 4) is 0 Å². The van der Waals surface area contributed by atoms with Crippen LogP contribution >= 0.6 is 0 Å². The van der Waals surface area contributed by atoms with Crippen LogP contribution in [0.5, 0.6) is 0 Å². The maximum atomic E-state index is 10.9. The lowest BCUT2D eigenvalue weighted by Gasteiger charge is -1.90. The third-order valence-corrected chi connectivity index (χ3v) is 1.46. The van der Waals surface area contributed by atoms with Gasteiger partial charge in [0.05, 0.1) is 6.26 Å². The lowest BCUT2D eigenvalue weighted by atomic mass is 10.2. The Morgan fingerprint density at radius 3 is 2.58 bits per heavy atom. The lowest BCUT2D eigenvalue weighted by molar-refractivity contribution is -0.149. The first-order chi connectivity index (χ1) is 5.77. The molecule has 0 N–H and O–H groups in total. The van der Waals surface area contributed by atoms with Gasteiger partial charge in [-0.1, -0.05) is 0 Å². The molecule has 1 aromatic heterocycles. The second-order valence-electron chi connectivity index (χ2n) is 2.24. The van der Waals surface area contributed by atoms with Gasteiger partial charge in [0.1, 0.15) is 11.3 Å². The van der Waals surface area contributed by atoms with Crippen LogP contribution in [0.15, 0.2) is 28.9 Å². The molecule has 0 fully saturated rings. The van der Waals surface area contributed by atoms with Crippen molar-refractivity contribution in [1.82, 2.24) is 0 Å². The highest BCUT2D eigenvalue weighted by atomic mass is 16.6. The zero-order valence-corrected chi connectivity index (χ0v) is 5.94. The van der Waals surface area contributed by atoms with Crippen molar-refractivity contribution in [1.29, 1.82) is 0 Å². The number of cyclic esters (lactones) is 2. The van der Waals surface area contributed by atoms with Crippen LogP contribution < -0.4 is 0 Å². The maximum absolute atomic E-state index is 10.9. The van der Waals surface area contributed by atoms with Crippen molar-refractivity contribution in [2.24, 2.45) is 0 Å². The Morgan fingerprint density at radius 1 is 1.25 bits per heavy atom. The fourth-order valence-corrected chi connectivity index (χ4v) is 0.956. The highest BCUT2D eigenvalue weighted by Gasteiger charge is 2.26. The summed E-state index contributed by atoms with van der Waals surface area (Å²) >= 11 is 0. The number of hydrogen-bond donors (Lipinski definition) is 0. The van der Waals surface area contributed by atoms with Gasteiger partial charge in [0.2, 0.25) is 0 Å². The molecule has 4 heteroatoms. The third-order valence-electron chi connectivity index (χ3n) is 1.46. The molecular weight excluding hydrogens is 160 g/mol. The summed E-state index contributed by atoms with van der Waals surface area (Å²) < 4.78 is 9.18. The van der Waals surface area contributed by atoms with E-state index in [9.17, 15) is 9.59 Å². The summed E-state index contributed by atoms with van der Waals surface area (Å²) in [6.07, 6.45) is 2.54. The van der Waals surface area contributed by atoms with E-state index in [0.29, 0.717) is 5.76 Å². The number of carbonyl (C=O) groups excluding carboxylic acids is 2. The molecule has 12 heavy (non-hydrogen) atoms. The van der Waals surface area contributed by atoms with Gasteiger partial charge in [0.15, 0.2) is 0 Å². The lowest BCUT2D eigenvalue weighted by Crippen LogP contribution is -2.00. The number of furan rings is 1. The monoisotopic (exact) mass is 164 g/mol. The molecular formula is C8H4O4. The van der Waals surface area contributed by atoms with Crippen LogP contribution in [0.4, 0.5) is 0 Å². The molecule has 1 aliphatic rings. The fourth-order valence-electron chi connectivity index (χ4n) is 0.956. The summed E-state index contributed by atoms with van der Waals surface area (Å²) in [5.41, 5.74) is 0.171. The molecule has 1 aliphatic heterocycles. The van der Waals surface area contributed by atoms with E-state index in [1.807, 2.05) is 0 Å². The Kier molecular flexibility index (Phi) is 1.33. The molecule has 0 amide bonds.